The molecule has 26 heavy (non-hydrogen) atoms. The molecule has 1 aliphatic heterocycles. The first-order valence-corrected chi connectivity index (χ1v) is 8.97. The van der Waals surface area contributed by atoms with Gasteiger partial charge in [0.2, 0.25) is 0 Å². The maximum Gasteiger partial charge on any atom is 0.260 e. The summed E-state index contributed by atoms with van der Waals surface area (Å²) in [7, 11) is 0. The van der Waals surface area contributed by atoms with Crippen LogP contribution in [0.5, 0.6) is 11.5 Å². The van der Waals surface area contributed by atoms with Crippen molar-refractivity contribution in [2.75, 3.05) is 18.5 Å². The molecule has 0 radical (unpaired) electrons. The van der Waals surface area contributed by atoms with E-state index in [1.807, 2.05) is 24.3 Å². The minimum atomic E-state index is -0.263. The number of carbonyl (C=O) groups excluding carboxylic acids is 1. The fraction of sp³-hybridized carbons (Fsp3) is 0.158. The van der Waals surface area contributed by atoms with E-state index in [9.17, 15) is 4.79 Å². The molecule has 0 unspecified atom stereocenters. The van der Waals surface area contributed by atoms with E-state index in [0.717, 1.165) is 10.0 Å². The first kappa shape index (κ1) is 16.7. The van der Waals surface area contributed by atoms with Gasteiger partial charge in [-0.25, -0.2) is 4.68 Å². The fourth-order valence-electron chi connectivity index (χ4n) is 2.79. The summed E-state index contributed by atoms with van der Waals surface area (Å²) < 4.78 is 13.9. The van der Waals surface area contributed by atoms with Crippen LogP contribution in [0, 0.1) is 0 Å². The third kappa shape index (κ3) is 3.30. The minimum absolute atomic E-state index is 0.263. The molecule has 7 heteroatoms. The van der Waals surface area contributed by atoms with Crippen LogP contribution in [0.1, 0.15) is 15.9 Å². The lowest BCUT2D eigenvalue weighted by Crippen LogP contribution is -2.21. The van der Waals surface area contributed by atoms with Gasteiger partial charge >= 0.3 is 0 Å². The fourth-order valence-corrected chi connectivity index (χ4v) is 3.20. The van der Waals surface area contributed by atoms with Crippen molar-refractivity contribution in [2.24, 2.45) is 0 Å². The standard InChI is InChI=1S/C19H16BrN3O3/c20-15-6-2-1-4-13(15)12-23-17(8-9-21-23)22-19(24)14-5-3-7-16-18(14)26-11-10-25-16/h1-9H,10-12H2,(H,22,24). The summed E-state index contributed by atoms with van der Waals surface area (Å²) in [5.41, 5.74) is 1.51. The van der Waals surface area contributed by atoms with Gasteiger partial charge in [-0.15, -0.1) is 0 Å². The van der Waals surface area contributed by atoms with Crippen LogP contribution in [0.25, 0.3) is 0 Å². The van der Waals surface area contributed by atoms with Crippen molar-refractivity contribution >= 4 is 27.7 Å². The highest BCUT2D eigenvalue weighted by Crippen LogP contribution is 2.34. The first-order valence-electron chi connectivity index (χ1n) is 8.17. The zero-order valence-corrected chi connectivity index (χ0v) is 15.4. The summed E-state index contributed by atoms with van der Waals surface area (Å²) in [5, 5.41) is 7.22. The Bertz CT molecular complexity index is 955. The Morgan fingerprint density at radius 2 is 1.96 bits per heavy atom. The monoisotopic (exact) mass is 413 g/mol. The van der Waals surface area contributed by atoms with Crippen LogP contribution in [-0.2, 0) is 6.54 Å². The number of nitrogens with one attached hydrogen (secondary N) is 1. The second-order valence-electron chi connectivity index (χ2n) is 5.75. The Morgan fingerprint density at radius 1 is 1.12 bits per heavy atom. The number of fused-ring (bicyclic) bond motifs is 1. The smallest absolute Gasteiger partial charge is 0.260 e. The van der Waals surface area contributed by atoms with Crippen LogP contribution in [-0.4, -0.2) is 28.9 Å². The van der Waals surface area contributed by atoms with E-state index < -0.39 is 0 Å². The number of hydrogen-bond donors (Lipinski definition) is 1. The average molecular weight is 414 g/mol. The molecule has 1 aromatic heterocycles. The van der Waals surface area contributed by atoms with Crippen molar-refractivity contribution < 1.29 is 14.3 Å². The molecule has 0 bridgehead atoms. The summed E-state index contributed by atoms with van der Waals surface area (Å²) in [5.74, 6) is 1.42. The predicted molar refractivity (Wildman–Crippen MR) is 101 cm³/mol. The molecule has 0 aliphatic carbocycles. The molecule has 0 saturated heterocycles. The number of halogens is 1. The van der Waals surface area contributed by atoms with E-state index in [4.69, 9.17) is 9.47 Å². The third-order valence-electron chi connectivity index (χ3n) is 4.05. The number of hydrogen-bond acceptors (Lipinski definition) is 4. The Kier molecular flexibility index (Phi) is 4.62. The van der Waals surface area contributed by atoms with Gasteiger partial charge in [0, 0.05) is 10.5 Å². The molecule has 1 N–H and O–H groups in total. The van der Waals surface area contributed by atoms with Crippen LogP contribution in [0.15, 0.2) is 59.2 Å². The van der Waals surface area contributed by atoms with Crippen molar-refractivity contribution in [3.8, 4) is 11.5 Å². The Labute approximate surface area is 158 Å². The zero-order chi connectivity index (χ0) is 17.9. The summed E-state index contributed by atoms with van der Waals surface area (Å²) >= 11 is 3.54. The van der Waals surface area contributed by atoms with Gasteiger partial charge in [-0.2, -0.15) is 5.10 Å². The molecule has 6 nitrogen and oxygen atoms in total. The van der Waals surface area contributed by atoms with Crippen LogP contribution in [0.2, 0.25) is 0 Å². The van der Waals surface area contributed by atoms with Gasteiger partial charge < -0.3 is 14.8 Å². The number of carbonyl (C=O) groups is 1. The number of aromatic nitrogens is 2. The first-order chi connectivity index (χ1) is 12.7. The van der Waals surface area contributed by atoms with Gasteiger partial charge in [0.05, 0.1) is 18.3 Å². The lowest BCUT2D eigenvalue weighted by Gasteiger charge is -2.20. The van der Waals surface area contributed by atoms with Gasteiger partial charge in [0.1, 0.15) is 19.0 Å². The predicted octanol–water partition coefficient (Wildman–Crippen LogP) is 3.72. The van der Waals surface area contributed by atoms with Crippen LogP contribution < -0.4 is 14.8 Å². The van der Waals surface area contributed by atoms with E-state index in [0.29, 0.717) is 42.6 Å². The van der Waals surface area contributed by atoms with E-state index in [1.165, 1.54) is 0 Å². The summed E-state index contributed by atoms with van der Waals surface area (Å²) in [6.45, 7) is 1.45. The molecule has 1 amide bonds. The molecular formula is C19H16BrN3O3. The third-order valence-corrected chi connectivity index (χ3v) is 4.82. The molecule has 3 aromatic rings. The molecule has 2 heterocycles. The number of nitrogens with zero attached hydrogens (tertiary/aromatic N) is 2. The highest BCUT2D eigenvalue weighted by Gasteiger charge is 2.21. The van der Waals surface area contributed by atoms with Crippen molar-refractivity contribution in [3.05, 3.63) is 70.3 Å². The normalized spacial score (nSPS) is 12.7. The van der Waals surface area contributed by atoms with Crippen molar-refractivity contribution in [2.45, 2.75) is 6.54 Å². The average Bonchev–Trinajstić information content (AvgIpc) is 3.10. The number of anilines is 1. The minimum Gasteiger partial charge on any atom is -0.486 e. The Balaban J connectivity index is 1.57. The maximum absolute atomic E-state index is 12.8. The number of rotatable bonds is 4. The molecule has 1 aliphatic rings. The summed E-state index contributed by atoms with van der Waals surface area (Å²) in [6, 6.07) is 15.0. The van der Waals surface area contributed by atoms with Gasteiger partial charge in [-0.1, -0.05) is 40.2 Å². The van der Waals surface area contributed by atoms with E-state index >= 15 is 0 Å². The van der Waals surface area contributed by atoms with Crippen LogP contribution in [0.3, 0.4) is 0 Å². The molecule has 0 atom stereocenters. The van der Waals surface area contributed by atoms with Gasteiger partial charge in [0.25, 0.3) is 5.91 Å². The van der Waals surface area contributed by atoms with Gasteiger partial charge in [0.15, 0.2) is 11.5 Å². The largest absolute Gasteiger partial charge is 0.486 e. The van der Waals surface area contributed by atoms with E-state index in [2.05, 4.69) is 26.3 Å². The second kappa shape index (κ2) is 7.21. The number of ether oxygens (including phenoxy) is 2. The summed E-state index contributed by atoms with van der Waals surface area (Å²) in [4.78, 5) is 12.8. The molecule has 0 fully saturated rings. The lowest BCUT2D eigenvalue weighted by atomic mass is 10.1. The van der Waals surface area contributed by atoms with Crippen molar-refractivity contribution in [3.63, 3.8) is 0 Å². The zero-order valence-electron chi connectivity index (χ0n) is 13.8. The maximum atomic E-state index is 12.8. The highest BCUT2D eigenvalue weighted by atomic mass is 79.9. The Morgan fingerprint density at radius 3 is 2.85 bits per heavy atom. The topological polar surface area (TPSA) is 65.4 Å². The SMILES string of the molecule is O=C(Nc1ccnn1Cc1ccccc1Br)c1cccc2c1OCCO2. The Hall–Kier alpha value is -2.80. The van der Waals surface area contributed by atoms with Crippen LogP contribution in [0.4, 0.5) is 5.82 Å². The second-order valence-corrected chi connectivity index (χ2v) is 6.60. The van der Waals surface area contributed by atoms with E-state index in [-0.39, 0.29) is 5.91 Å². The molecule has 2 aromatic carbocycles. The number of amides is 1. The molecule has 0 saturated carbocycles. The van der Waals surface area contributed by atoms with E-state index in [1.54, 1.807) is 35.1 Å². The quantitative estimate of drug-likeness (QED) is 0.707. The van der Waals surface area contributed by atoms with Crippen molar-refractivity contribution in [1.82, 2.24) is 9.78 Å². The molecular weight excluding hydrogens is 398 g/mol. The number of benzene rings is 2. The lowest BCUT2D eigenvalue weighted by molar-refractivity contribution is 0.101. The molecule has 4 rings (SSSR count). The number of para-hydroxylation sites is 1. The van der Waals surface area contributed by atoms with Crippen LogP contribution >= 0.6 is 15.9 Å². The summed E-state index contributed by atoms with van der Waals surface area (Å²) in [6.07, 6.45) is 1.66. The molecule has 132 valence electrons. The van der Waals surface area contributed by atoms with Gasteiger partial charge in [-0.3, -0.25) is 4.79 Å². The van der Waals surface area contributed by atoms with Crippen molar-refractivity contribution in [1.29, 1.82) is 0 Å². The highest BCUT2D eigenvalue weighted by molar-refractivity contribution is 9.10. The molecule has 0 spiro atoms. The van der Waals surface area contributed by atoms with Gasteiger partial charge in [-0.05, 0) is 23.8 Å².